The molecule has 2 aromatic heterocycles. The highest BCUT2D eigenvalue weighted by Crippen LogP contribution is 2.45. The molecule has 10 aromatic rings. The van der Waals surface area contributed by atoms with Gasteiger partial charge in [-0.15, -0.1) is 0 Å². The molecule has 0 spiro atoms. The second-order valence-electron chi connectivity index (χ2n) is 12.8. The van der Waals surface area contributed by atoms with Crippen molar-refractivity contribution in [3.8, 4) is 56.4 Å². The Kier molecular flexibility index (Phi) is 6.78. The number of benzene rings is 8. The molecule has 0 fully saturated rings. The summed E-state index contributed by atoms with van der Waals surface area (Å²) in [6.45, 7) is 0. The molecule has 4 heteroatoms. The van der Waals surface area contributed by atoms with Crippen LogP contribution in [0.1, 0.15) is 0 Å². The molecule has 8 aromatic carbocycles. The van der Waals surface area contributed by atoms with Gasteiger partial charge in [-0.25, -0.2) is 15.0 Å². The van der Waals surface area contributed by atoms with Gasteiger partial charge in [0, 0.05) is 27.5 Å². The third kappa shape index (κ3) is 4.96. The van der Waals surface area contributed by atoms with Crippen LogP contribution in [0, 0.1) is 0 Å². The number of aromatic nitrogens is 3. The Morgan fingerprint density at radius 2 is 0.863 bits per heavy atom. The molecule has 0 aliphatic carbocycles. The number of para-hydroxylation sites is 1. The van der Waals surface area contributed by atoms with E-state index in [9.17, 15) is 0 Å². The third-order valence-electron chi connectivity index (χ3n) is 9.74. The van der Waals surface area contributed by atoms with Crippen LogP contribution in [0.3, 0.4) is 0 Å². The lowest BCUT2D eigenvalue weighted by atomic mass is 9.89. The number of rotatable bonds is 5. The molecular formula is C47H29N3O. The van der Waals surface area contributed by atoms with Crippen molar-refractivity contribution in [2.45, 2.75) is 0 Å². The zero-order valence-corrected chi connectivity index (χ0v) is 27.5. The van der Waals surface area contributed by atoms with Crippen LogP contribution in [0.25, 0.3) is 99.9 Å². The smallest absolute Gasteiger partial charge is 0.165 e. The van der Waals surface area contributed by atoms with Crippen LogP contribution < -0.4 is 0 Å². The lowest BCUT2D eigenvalue weighted by molar-refractivity contribution is 0.669. The Morgan fingerprint density at radius 3 is 1.61 bits per heavy atom. The monoisotopic (exact) mass is 651 g/mol. The minimum Gasteiger partial charge on any atom is -0.456 e. The fourth-order valence-corrected chi connectivity index (χ4v) is 7.33. The van der Waals surface area contributed by atoms with Gasteiger partial charge in [-0.05, 0) is 68.1 Å². The standard InChI is InChI=1S/C47H29N3O/c1-3-13-30(14-4-1)31-23-25-33(26-24-31)46-48-45(32-15-5-2-6-16-32)49-47(50-46)44-38(27-28-42-43(44)39-21-11-12-22-41(39)51-42)40-29-34-17-7-8-18-35(34)36-19-9-10-20-37(36)40/h1-29H. The molecule has 0 saturated carbocycles. The normalized spacial score (nSPS) is 11.5. The second kappa shape index (κ2) is 11.9. The van der Waals surface area contributed by atoms with Gasteiger partial charge < -0.3 is 4.42 Å². The molecule has 51 heavy (non-hydrogen) atoms. The van der Waals surface area contributed by atoms with Crippen LogP contribution in [0.5, 0.6) is 0 Å². The van der Waals surface area contributed by atoms with Crippen molar-refractivity contribution < 1.29 is 4.42 Å². The van der Waals surface area contributed by atoms with Gasteiger partial charge in [0.05, 0.1) is 0 Å². The number of fused-ring (bicyclic) bond motifs is 6. The first kappa shape index (κ1) is 29.0. The summed E-state index contributed by atoms with van der Waals surface area (Å²) >= 11 is 0. The minimum atomic E-state index is 0.593. The molecule has 10 rings (SSSR count). The SMILES string of the molecule is c1ccc(-c2ccc(-c3nc(-c4ccccc4)nc(-c4c(-c5cc6ccccc6c6ccccc56)ccc5oc6ccccc6c45)n3)cc2)cc1. The maximum Gasteiger partial charge on any atom is 0.165 e. The van der Waals surface area contributed by atoms with Crippen molar-refractivity contribution in [1.29, 1.82) is 0 Å². The van der Waals surface area contributed by atoms with Crippen molar-refractivity contribution in [3.63, 3.8) is 0 Å². The van der Waals surface area contributed by atoms with E-state index in [1.165, 1.54) is 21.5 Å². The Bertz CT molecular complexity index is 2900. The quantitative estimate of drug-likeness (QED) is 0.174. The average molecular weight is 652 g/mol. The molecule has 4 nitrogen and oxygen atoms in total. The largest absolute Gasteiger partial charge is 0.456 e. The van der Waals surface area contributed by atoms with Gasteiger partial charge in [0.1, 0.15) is 11.2 Å². The second-order valence-corrected chi connectivity index (χ2v) is 12.8. The number of hydrogen-bond acceptors (Lipinski definition) is 4. The molecular weight excluding hydrogens is 623 g/mol. The van der Waals surface area contributed by atoms with Gasteiger partial charge in [0.15, 0.2) is 17.5 Å². The lowest BCUT2D eigenvalue weighted by Crippen LogP contribution is -2.01. The zero-order chi connectivity index (χ0) is 33.7. The fraction of sp³-hybridized carbons (Fsp3) is 0. The van der Waals surface area contributed by atoms with Crippen molar-refractivity contribution in [1.82, 2.24) is 15.0 Å². The Hall–Kier alpha value is -6.91. The van der Waals surface area contributed by atoms with Crippen LogP contribution in [-0.4, -0.2) is 15.0 Å². The van der Waals surface area contributed by atoms with E-state index in [2.05, 4.69) is 127 Å². The highest BCUT2D eigenvalue weighted by Gasteiger charge is 2.23. The summed E-state index contributed by atoms with van der Waals surface area (Å²) in [5.74, 6) is 1.81. The van der Waals surface area contributed by atoms with E-state index in [0.717, 1.165) is 60.9 Å². The van der Waals surface area contributed by atoms with Gasteiger partial charge in [-0.1, -0.05) is 152 Å². The highest BCUT2D eigenvalue weighted by molar-refractivity contribution is 6.19. The van der Waals surface area contributed by atoms with Gasteiger partial charge in [0.2, 0.25) is 0 Å². The Balaban J connectivity index is 1.29. The Labute approximate surface area is 294 Å². The Morgan fingerprint density at radius 1 is 0.333 bits per heavy atom. The first-order valence-corrected chi connectivity index (χ1v) is 17.1. The fourth-order valence-electron chi connectivity index (χ4n) is 7.33. The predicted molar refractivity (Wildman–Crippen MR) is 209 cm³/mol. The third-order valence-corrected chi connectivity index (χ3v) is 9.74. The summed E-state index contributed by atoms with van der Waals surface area (Å²) in [5, 5.41) is 6.77. The van der Waals surface area contributed by atoms with Crippen molar-refractivity contribution in [2.75, 3.05) is 0 Å². The van der Waals surface area contributed by atoms with E-state index >= 15 is 0 Å². The first-order chi connectivity index (χ1) is 25.3. The van der Waals surface area contributed by atoms with Crippen LogP contribution in [0.4, 0.5) is 0 Å². The topological polar surface area (TPSA) is 51.8 Å². The maximum absolute atomic E-state index is 6.48. The van der Waals surface area contributed by atoms with Gasteiger partial charge in [-0.2, -0.15) is 0 Å². The molecule has 0 radical (unpaired) electrons. The lowest BCUT2D eigenvalue weighted by Gasteiger charge is -2.16. The van der Waals surface area contributed by atoms with Gasteiger partial charge in [0.25, 0.3) is 0 Å². The average Bonchev–Trinajstić information content (AvgIpc) is 3.59. The molecule has 0 amide bonds. The minimum absolute atomic E-state index is 0.593. The van der Waals surface area contributed by atoms with E-state index < -0.39 is 0 Å². The molecule has 0 atom stereocenters. The molecule has 0 aliphatic rings. The summed E-state index contributed by atoms with van der Waals surface area (Å²) in [6.07, 6.45) is 0. The van der Waals surface area contributed by atoms with Crippen LogP contribution in [-0.2, 0) is 0 Å². The first-order valence-electron chi connectivity index (χ1n) is 17.1. The summed E-state index contributed by atoms with van der Waals surface area (Å²) in [7, 11) is 0. The van der Waals surface area contributed by atoms with Crippen molar-refractivity contribution in [3.05, 3.63) is 176 Å². The van der Waals surface area contributed by atoms with E-state index in [-0.39, 0.29) is 0 Å². The predicted octanol–water partition coefficient (Wildman–Crippen LogP) is 12.4. The molecule has 2 heterocycles. The molecule has 0 aliphatic heterocycles. The molecule has 0 N–H and O–H groups in total. The molecule has 0 saturated heterocycles. The van der Waals surface area contributed by atoms with E-state index in [1.807, 2.05) is 48.5 Å². The van der Waals surface area contributed by atoms with Gasteiger partial charge in [-0.3, -0.25) is 0 Å². The van der Waals surface area contributed by atoms with Crippen LogP contribution in [0.15, 0.2) is 180 Å². The van der Waals surface area contributed by atoms with Gasteiger partial charge >= 0.3 is 0 Å². The number of nitrogens with zero attached hydrogens (tertiary/aromatic N) is 3. The highest BCUT2D eigenvalue weighted by atomic mass is 16.3. The summed E-state index contributed by atoms with van der Waals surface area (Å²) in [5.41, 5.74) is 8.81. The van der Waals surface area contributed by atoms with Crippen LogP contribution in [0.2, 0.25) is 0 Å². The van der Waals surface area contributed by atoms with Crippen molar-refractivity contribution in [2.24, 2.45) is 0 Å². The zero-order valence-electron chi connectivity index (χ0n) is 27.5. The number of furan rings is 1. The van der Waals surface area contributed by atoms with E-state index in [0.29, 0.717) is 17.5 Å². The van der Waals surface area contributed by atoms with Crippen LogP contribution >= 0.6 is 0 Å². The maximum atomic E-state index is 6.48. The summed E-state index contributed by atoms with van der Waals surface area (Å²) < 4.78 is 6.48. The van der Waals surface area contributed by atoms with E-state index in [1.54, 1.807) is 0 Å². The summed E-state index contributed by atoms with van der Waals surface area (Å²) in [4.78, 5) is 15.6. The number of hydrogen-bond donors (Lipinski definition) is 0. The molecule has 238 valence electrons. The summed E-state index contributed by atoms with van der Waals surface area (Å²) in [6, 6.07) is 61.0. The van der Waals surface area contributed by atoms with Crippen molar-refractivity contribution >= 4 is 43.5 Å². The molecule has 0 bridgehead atoms. The van der Waals surface area contributed by atoms with E-state index in [4.69, 9.17) is 19.4 Å². The molecule has 0 unspecified atom stereocenters.